The molecule has 1 rings (SSSR count). The predicted octanol–water partition coefficient (Wildman–Crippen LogP) is 1.96. The number of thiocarbonyl (C=S) groups is 1. The Morgan fingerprint density at radius 2 is 1.82 bits per heavy atom. The third kappa shape index (κ3) is 3.16. The van der Waals surface area contributed by atoms with Gasteiger partial charge in [0, 0.05) is 17.8 Å². The average molecular weight is 262 g/mol. The molecule has 3 nitrogen and oxygen atoms in total. The molecule has 1 unspecified atom stereocenters. The molecule has 1 atom stereocenters. The smallest absolute Gasteiger partial charge is 0.234 e. The van der Waals surface area contributed by atoms with E-state index in [0.29, 0.717) is 12.1 Å². The molecule has 17 heavy (non-hydrogen) atoms. The van der Waals surface area contributed by atoms with Gasteiger partial charge < -0.3 is 11.1 Å². The molecule has 0 aliphatic carbocycles. The second-order valence-electron chi connectivity index (χ2n) is 3.37. The van der Waals surface area contributed by atoms with Gasteiger partial charge in [0.2, 0.25) is 5.91 Å². The molecule has 1 aromatic carbocycles. The van der Waals surface area contributed by atoms with Crippen molar-refractivity contribution in [3.8, 4) is 0 Å². The summed E-state index contributed by atoms with van der Waals surface area (Å²) in [5, 5.41) is 2.18. The van der Waals surface area contributed by atoms with Gasteiger partial charge in [0.05, 0.1) is 10.9 Å². The fourth-order valence-electron chi connectivity index (χ4n) is 1.01. The Morgan fingerprint density at radius 3 is 2.24 bits per heavy atom. The second kappa shape index (κ2) is 5.13. The SMILES string of the molecule is CC(C(=O)Nc1cc(F)c(F)c(F)c1)C(N)=S. The third-order valence-electron chi connectivity index (χ3n) is 2.07. The summed E-state index contributed by atoms with van der Waals surface area (Å²) in [6, 6.07) is 1.34. The van der Waals surface area contributed by atoms with Crippen molar-refractivity contribution in [2.45, 2.75) is 6.92 Å². The molecule has 0 aliphatic rings. The highest BCUT2D eigenvalue weighted by Gasteiger charge is 2.17. The number of rotatable bonds is 3. The van der Waals surface area contributed by atoms with Gasteiger partial charge in [-0.3, -0.25) is 4.79 Å². The van der Waals surface area contributed by atoms with Crippen LogP contribution in [0.1, 0.15) is 6.92 Å². The second-order valence-corrected chi connectivity index (χ2v) is 3.84. The van der Waals surface area contributed by atoms with Crippen LogP contribution in [-0.4, -0.2) is 10.9 Å². The van der Waals surface area contributed by atoms with Gasteiger partial charge in [-0.2, -0.15) is 0 Å². The molecule has 0 aliphatic heterocycles. The van der Waals surface area contributed by atoms with Crippen LogP contribution in [0.15, 0.2) is 12.1 Å². The molecule has 92 valence electrons. The summed E-state index contributed by atoms with van der Waals surface area (Å²) in [7, 11) is 0. The predicted molar refractivity (Wildman–Crippen MR) is 60.9 cm³/mol. The number of carbonyl (C=O) groups is 1. The van der Waals surface area contributed by atoms with E-state index in [-0.39, 0.29) is 10.7 Å². The average Bonchev–Trinajstić information content (AvgIpc) is 2.24. The van der Waals surface area contributed by atoms with Gasteiger partial charge in [-0.1, -0.05) is 12.2 Å². The Hall–Kier alpha value is -1.63. The van der Waals surface area contributed by atoms with Crippen LogP contribution >= 0.6 is 12.2 Å². The number of halogens is 3. The molecule has 0 radical (unpaired) electrons. The number of hydrogen-bond donors (Lipinski definition) is 2. The lowest BCUT2D eigenvalue weighted by Crippen LogP contribution is -2.30. The highest BCUT2D eigenvalue weighted by atomic mass is 32.1. The molecule has 1 aromatic rings. The van der Waals surface area contributed by atoms with E-state index in [1.54, 1.807) is 0 Å². The monoisotopic (exact) mass is 262 g/mol. The van der Waals surface area contributed by atoms with Gasteiger partial charge in [0.1, 0.15) is 0 Å². The largest absolute Gasteiger partial charge is 0.393 e. The van der Waals surface area contributed by atoms with Crippen molar-refractivity contribution in [3.63, 3.8) is 0 Å². The molecular weight excluding hydrogens is 253 g/mol. The van der Waals surface area contributed by atoms with Gasteiger partial charge in [0.15, 0.2) is 17.5 Å². The molecule has 3 N–H and O–H groups in total. The van der Waals surface area contributed by atoms with Gasteiger partial charge >= 0.3 is 0 Å². The molecular formula is C10H9F3N2OS. The van der Waals surface area contributed by atoms with Crippen molar-refractivity contribution in [1.82, 2.24) is 0 Å². The van der Waals surface area contributed by atoms with E-state index in [9.17, 15) is 18.0 Å². The quantitative estimate of drug-likeness (QED) is 0.646. The first-order valence-corrected chi connectivity index (χ1v) is 4.98. The molecule has 0 heterocycles. The summed E-state index contributed by atoms with van der Waals surface area (Å²) in [5.41, 5.74) is 5.04. The lowest BCUT2D eigenvalue weighted by Gasteiger charge is -2.10. The summed E-state index contributed by atoms with van der Waals surface area (Å²) >= 11 is 4.59. The fraction of sp³-hybridized carbons (Fsp3) is 0.200. The Morgan fingerprint density at radius 1 is 1.35 bits per heavy atom. The van der Waals surface area contributed by atoms with Crippen molar-refractivity contribution < 1.29 is 18.0 Å². The molecule has 0 fully saturated rings. The summed E-state index contributed by atoms with van der Waals surface area (Å²) in [6.07, 6.45) is 0. The maximum atomic E-state index is 12.8. The van der Waals surface area contributed by atoms with Crippen LogP contribution < -0.4 is 11.1 Å². The number of hydrogen-bond acceptors (Lipinski definition) is 2. The molecule has 0 bridgehead atoms. The molecule has 0 saturated carbocycles. The van der Waals surface area contributed by atoms with E-state index in [1.165, 1.54) is 6.92 Å². The lowest BCUT2D eigenvalue weighted by atomic mass is 10.1. The Bertz CT molecular complexity index is 456. The minimum atomic E-state index is -1.59. The van der Waals surface area contributed by atoms with Crippen molar-refractivity contribution in [3.05, 3.63) is 29.6 Å². The van der Waals surface area contributed by atoms with Crippen LogP contribution in [0.3, 0.4) is 0 Å². The first kappa shape index (κ1) is 13.4. The first-order valence-electron chi connectivity index (χ1n) is 4.57. The number of nitrogens with two attached hydrogens (primary N) is 1. The zero-order valence-electron chi connectivity index (χ0n) is 8.76. The zero-order valence-corrected chi connectivity index (χ0v) is 9.58. The van der Waals surface area contributed by atoms with Crippen molar-refractivity contribution in [2.24, 2.45) is 11.7 Å². The first-order chi connectivity index (χ1) is 7.82. The van der Waals surface area contributed by atoms with Gasteiger partial charge in [-0.25, -0.2) is 13.2 Å². The zero-order chi connectivity index (χ0) is 13.2. The van der Waals surface area contributed by atoms with E-state index in [1.807, 2.05) is 0 Å². The molecule has 0 spiro atoms. The van der Waals surface area contributed by atoms with Crippen LogP contribution in [0, 0.1) is 23.4 Å². The molecule has 1 amide bonds. The number of anilines is 1. The van der Waals surface area contributed by atoms with Crippen LogP contribution in [-0.2, 0) is 4.79 Å². The number of carbonyl (C=O) groups excluding carboxylic acids is 1. The number of benzene rings is 1. The van der Waals surface area contributed by atoms with Crippen LogP contribution in [0.2, 0.25) is 0 Å². The standard InChI is InChI=1S/C10H9F3N2OS/c1-4(9(14)17)10(16)15-5-2-6(11)8(13)7(12)3-5/h2-4H,1H3,(H2,14,17)(H,15,16). The highest BCUT2D eigenvalue weighted by molar-refractivity contribution is 7.80. The molecule has 7 heteroatoms. The summed E-state index contributed by atoms with van der Waals surface area (Å²) in [4.78, 5) is 11.4. The normalized spacial score (nSPS) is 12.0. The van der Waals surface area contributed by atoms with Gasteiger partial charge in [-0.15, -0.1) is 0 Å². The minimum Gasteiger partial charge on any atom is -0.393 e. The summed E-state index contributed by atoms with van der Waals surface area (Å²) in [5.74, 6) is -5.78. The Kier molecular flexibility index (Phi) is 4.06. The maximum absolute atomic E-state index is 12.8. The number of amides is 1. The highest BCUT2D eigenvalue weighted by Crippen LogP contribution is 2.17. The van der Waals surface area contributed by atoms with Crippen LogP contribution in [0.4, 0.5) is 18.9 Å². The topological polar surface area (TPSA) is 55.1 Å². The van der Waals surface area contributed by atoms with Gasteiger partial charge in [-0.05, 0) is 6.92 Å². The third-order valence-corrected chi connectivity index (χ3v) is 2.42. The van der Waals surface area contributed by atoms with Crippen molar-refractivity contribution in [1.29, 1.82) is 0 Å². The summed E-state index contributed by atoms with van der Waals surface area (Å²) < 4.78 is 38.3. The van der Waals surface area contributed by atoms with Crippen molar-refractivity contribution in [2.75, 3.05) is 5.32 Å². The van der Waals surface area contributed by atoms with E-state index in [0.717, 1.165) is 0 Å². The molecule has 0 saturated heterocycles. The lowest BCUT2D eigenvalue weighted by molar-refractivity contribution is -0.117. The van der Waals surface area contributed by atoms with Crippen LogP contribution in [0.5, 0.6) is 0 Å². The van der Waals surface area contributed by atoms with E-state index in [2.05, 4.69) is 17.5 Å². The fourth-order valence-corrected chi connectivity index (χ4v) is 1.11. The maximum Gasteiger partial charge on any atom is 0.234 e. The van der Waals surface area contributed by atoms with E-state index >= 15 is 0 Å². The Balaban J connectivity index is 2.90. The number of nitrogens with one attached hydrogen (secondary N) is 1. The van der Waals surface area contributed by atoms with Crippen molar-refractivity contribution >= 4 is 28.8 Å². The van der Waals surface area contributed by atoms with E-state index < -0.39 is 29.3 Å². The van der Waals surface area contributed by atoms with Gasteiger partial charge in [0.25, 0.3) is 0 Å². The Labute approximate surface area is 101 Å². The molecule has 0 aromatic heterocycles. The summed E-state index contributed by atoms with van der Waals surface area (Å²) in [6.45, 7) is 1.44. The van der Waals surface area contributed by atoms with Crippen LogP contribution in [0.25, 0.3) is 0 Å². The minimum absolute atomic E-state index is 0.0504. The van der Waals surface area contributed by atoms with E-state index in [4.69, 9.17) is 5.73 Å².